The number of benzene rings is 1. The van der Waals surface area contributed by atoms with Crippen molar-refractivity contribution in [3.05, 3.63) is 53.9 Å². The van der Waals surface area contributed by atoms with E-state index in [-0.39, 0.29) is 49.8 Å². The molecule has 1 aromatic heterocycles. The minimum Gasteiger partial charge on any atom is -0.376 e. The number of carbonyl (C=O) groups excluding carboxylic acids is 2. The Morgan fingerprint density at radius 2 is 2.13 bits per heavy atom. The van der Waals surface area contributed by atoms with Gasteiger partial charge in [0.2, 0.25) is 11.8 Å². The van der Waals surface area contributed by atoms with Gasteiger partial charge in [-0.3, -0.25) is 9.59 Å². The molecule has 2 aliphatic rings. The maximum absolute atomic E-state index is 14.3. The number of aryl methyl sites for hydroxylation is 1. The van der Waals surface area contributed by atoms with Crippen LogP contribution in [0.5, 0.6) is 0 Å². The third kappa shape index (κ3) is 4.23. The molecule has 1 N–H and O–H groups in total. The Labute approximate surface area is 175 Å². The van der Waals surface area contributed by atoms with Gasteiger partial charge in [0.1, 0.15) is 18.2 Å². The van der Waals surface area contributed by atoms with Crippen molar-refractivity contribution in [3.63, 3.8) is 0 Å². The number of rotatable bonds is 7. The van der Waals surface area contributed by atoms with Crippen LogP contribution in [-0.2, 0) is 27.3 Å². The molecule has 1 unspecified atom stereocenters. The lowest BCUT2D eigenvalue weighted by molar-refractivity contribution is -0.154. The number of ether oxygens (including phenoxy) is 1. The van der Waals surface area contributed by atoms with Crippen molar-refractivity contribution in [1.29, 1.82) is 0 Å². The molecule has 0 spiro atoms. The van der Waals surface area contributed by atoms with Crippen LogP contribution < -0.4 is 5.32 Å². The zero-order chi connectivity index (χ0) is 21.1. The minimum atomic E-state index is -0.833. The molecule has 7 nitrogen and oxygen atoms in total. The fraction of sp³-hybridized carbons (Fsp3) is 0.500. The second kappa shape index (κ2) is 8.55. The number of nitrogens with one attached hydrogen (secondary N) is 1. The number of likely N-dealkylation sites (tertiary alicyclic amines) is 1. The van der Waals surface area contributed by atoms with E-state index in [1.54, 1.807) is 40.1 Å². The Bertz CT molecular complexity index is 917. The lowest BCUT2D eigenvalue weighted by atomic mass is 9.73. The Hall–Kier alpha value is -2.74. The topological polar surface area (TPSA) is 76.5 Å². The number of halogens is 1. The molecule has 2 aromatic rings. The summed E-state index contributed by atoms with van der Waals surface area (Å²) in [5.74, 6) is 0.203. The number of nitrogens with zero attached hydrogens (tertiary/aromatic N) is 3. The molecule has 0 bridgehead atoms. The zero-order valence-electron chi connectivity index (χ0n) is 17.1. The van der Waals surface area contributed by atoms with Crippen LogP contribution in [0.4, 0.5) is 4.39 Å². The van der Waals surface area contributed by atoms with E-state index >= 15 is 0 Å². The quantitative estimate of drug-likeness (QED) is 0.748. The molecule has 0 radical (unpaired) electrons. The Balaban J connectivity index is 1.44. The molecule has 4 rings (SSSR count). The fourth-order valence-electron chi connectivity index (χ4n) is 4.22. The van der Waals surface area contributed by atoms with E-state index in [1.165, 1.54) is 6.07 Å². The molecule has 0 saturated carbocycles. The van der Waals surface area contributed by atoms with E-state index in [9.17, 15) is 14.0 Å². The van der Waals surface area contributed by atoms with E-state index in [1.807, 2.05) is 6.92 Å². The first-order valence-electron chi connectivity index (χ1n) is 10.4. The molecule has 3 heterocycles. The molecule has 2 aliphatic heterocycles. The third-order valence-corrected chi connectivity index (χ3v) is 6.05. The van der Waals surface area contributed by atoms with Gasteiger partial charge in [0.25, 0.3) is 0 Å². The smallest absolute Gasteiger partial charge is 0.242 e. The van der Waals surface area contributed by atoms with Gasteiger partial charge >= 0.3 is 0 Å². The maximum atomic E-state index is 14.3. The maximum Gasteiger partial charge on any atom is 0.242 e. The molecule has 30 heavy (non-hydrogen) atoms. The monoisotopic (exact) mass is 414 g/mol. The average Bonchev–Trinajstić information content (AvgIpc) is 3.36. The van der Waals surface area contributed by atoms with E-state index < -0.39 is 5.41 Å². The summed E-state index contributed by atoms with van der Waals surface area (Å²) in [5, 5.41) is 2.98. The van der Waals surface area contributed by atoms with Gasteiger partial charge in [-0.25, -0.2) is 9.37 Å². The van der Waals surface area contributed by atoms with Crippen LogP contribution in [-0.4, -0.2) is 58.6 Å². The molecule has 2 fully saturated rings. The lowest BCUT2D eigenvalue weighted by Gasteiger charge is -2.49. The number of aromatic nitrogens is 2. The minimum absolute atomic E-state index is 0.0292. The highest BCUT2D eigenvalue weighted by Gasteiger charge is 2.51. The molecule has 1 atom stereocenters. The molecule has 1 aromatic carbocycles. The van der Waals surface area contributed by atoms with Crippen LogP contribution >= 0.6 is 0 Å². The van der Waals surface area contributed by atoms with Crippen molar-refractivity contribution in [3.8, 4) is 0 Å². The summed E-state index contributed by atoms with van der Waals surface area (Å²) in [4.78, 5) is 31.6. The molecule has 2 amide bonds. The first kappa shape index (κ1) is 20.5. The summed E-state index contributed by atoms with van der Waals surface area (Å²) in [7, 11) is 0. The van der Waals surface area contributed by atoms with Crippen molar-refractivity contribution in [2.75, 3.05) is 26.2 Å². The summed E-state index contributed by atoms with van der Waals surface area (Å²) in [5.41, 5.74) is -0.345. The highest BCUT2D eigenvalue weighted by atomic mass is 19.1. The Kier molecular flexibility index (Phi) is 5.85. The molecule has 2 saturated heterocycles. The fourth-order valence-corrected chi connectivity index (χ4v) is 4.22. The van der Waals surface area contributed by atoms with Crippen molar-refractivity contribution >= 4 is 11.8 Å². The number of imidazole rings is 1. The van der Waals surface area contributed by atoms with Crippen LogP contribution in [0.25, 0.3) is 0 Å². The number of carbonyl (C=O) groups is 2. The van der Waals surface area contributed by atoms with Gasteiger partial charge in [0, 0.05) is 38.6 Å². The van der Waals surface area contributed by atoms with E-state index in [0.717, 1.165) is 25.3 Å². The normalized spacial score (nSPS) is 20.1. The molecule has 8 heteroatoms. The second-order valence-corrected chi connectivity index (χ2v) is 8.25. The molecule has 0 aliphatic carbocycles. The molecular weight excluding hydrogens is 387 g/mol. The predicted molar refractivity (Wildman–Crippen MR) is 108 cm³/mol. The van der Waals surface area contributed by atoms with E-state index in [4.69, 9.17) is 4.74 Å². The van der Waals surface area contributed by atoms with Crippen LogP contribution in [0.15, 0.2) is 36.7 Å². The van der Waals surface area contributed by atoms with E-state index in [0.29, 0.717) is 12.1 Å². The third-order valence-electron chi connectivity index (χ3n) is 6.05. The lowest BCUT2D eigenvalue weighted by Crippen LogP contribution is -2.66. The Morgan fingerprint density at radius 1 is 1.33 bits per heavy atom. The average molecular weight is 414 g/mol. The van der Waals surface area contributed by atoms with Crippen LogP contribution in [0.1, 0.15) is 24.2 Å². The van der Waals surface area contributed by atoms with Crippen molar-refractivity contribution in [1.82, 2.24) is 19.8 Å². The number of hydrogen-bond donors (Lipinski definition) is 1. The second-order valence-electron chi connectivity index (χ2n) is 8.25. The van der Waals surface area contributed by atoms with Gasteiger partial charge < -0.3 is 19.5 Å². The van der Waals surface area contributed by atoms with Crippen molar-refractivity contribution < 1.29 is 18.7 Å². The molecular formula is C22H27FN4O3. The summed E-state index contributed by atoms with van der Waals surface area (Å²) < 4.78 is 21.6. The zero-order valence-corrected chi connectivity index (χ0v) is 17.1. The van der Waals surface area contributed by atoms with Crippen molar-refractivity contribution in [2.24, 2.45) is 5.41 Å². The predicted octanol–water partition coefficient (Wildman–Crippen LogP) is 1.70. The first-order chi connectivity index (χ1) is 14.5. The summed E-state index contributed by atoms with van der Waals surface area (Å²) in [6.45, 7) is 3.72. The largest absolute Gasteiger partial charge is 0.376 e. The summed E-state index contributed by atoms with van der Waals surface area (Å²) in [6, 6.07) is 6.49. The highest BCUT2D eigenvalue weighted by molar-refractivity contribution is 5.88. The Morgan fingerprint density at radius 3 is 2.80 bits per heavy atom. The van der Waals surface area contributed by atoms with Crippen LogP contribution in [0, 0.1) is 18.2 Å². The highest BCUT2D eigenvalue weighted by Crippen LogP contribution is 2.35. The van der Waals surface area contributed by atoms with Gasteiger partial charge in [-0.2, -0.15) is 0 Å². The van der Waals surface area contributed by atoms with Crippen LogP contribution in [0.2, 0.25) is 0 Å². The van der Waals surface area contributed by atoms with Crippen LogP contribution in [0.3, 0.4) is 0 Å². The standard InChI is InChI=1S/C22H27FN4O3/c1-16-24-8-9-26(16)13-20(28)27-14-22(15-27,11-17-5-2-3-7-19(17)23)21(29)25-12-18-6-4-10-30-18/h2-3,5,7-9,18H,4,6,10-15H2,1H3,(H,25,29). The summed E-state index contributed by atoms with van der Waals surface area (Å²) >= 11 is 0. The van der Waals surface area contributed by atoms with Gasteiger partial charge in [0.05, 0.1) is 11.5 Å². The number of hydrogen-bond acceptors (Lipinski definition) is 4. The van der Waals surface area contributed by atoms with Crippen molar-refractivity contribution in [2.45, 2.75) is 38.8 Å². The summed E-state index contributed by atoms with van der Waals surface area (Å²) in [6.07, 6.45) is 5.62. The first-order valence-corrected chi connectivity index (χ1v) is 10.4. The van der Waals surface area contributed by atoms with Gasteiger partial charge in [0.15, 0.2) is 0 Å². The van der Waals surface area contributed by atoms with Gasteiger partial charge in [-0.1, -0.05) is 18.2 Å². The van der Waals surface area contributed by atoms with Gasteiger partial charge in [-0.05, 0) is 37.8 Å². The van der Waals surface area contributed by atoms with E-state index in [2.05, 4.69) is 10.3 Å². The SMILES string of the molecule is Cc1nccn1CC(=O)N1CC(Cc2ccccc2F)(C(=O)NCC2CCCO2)C1. The van der Waals surface area contributed by atoms with Gasteiger partial charge in [-0.15, -0.1) is 0 Å². The number of amides is 2. The molecule has 160 valence electrons.